The first kappa shape index (κ1) is 11.0. The van der Waals surface area contributed by atoms with Crippen molar-refractivity contribution < 1.29 is 4.79 Å². The Hall–Kier alpha value is -1.03. The summed E-state index contributed by atoms with van der Waals surface area (Å²) in [6.45, 7) is 0.555. The predicted octanol–water partition coefficient (Wildman–Crippen LogP) is 1.41. The number of carbonyl (C=O) groups is 1. The van der Waals surface area contributed by atoms with E-state index < -0.39 is 0 Å². The Bertz CT molecular complexity index is 277. The van der Waals surface area contributed by atoms with Gasteiger partial charge < -0.3 is 5.32 Å². The second kappa shape index (κ2) is 6.43. The van der Waals surface area contributed by atoms with E-state index in [1.807, 2.05) is 12.1 Å². The van der Waals surface area contributed by atoms with Gasteiger partial charge in [-0.15, -0.1) is 0 Å². The summed E-state index contributed by atoms with van der Waals surface area (Å²) in [6.07, 6.45) is 4.83. The lowest BCUT2D eigenvalue weighted by atomic mass is 10.2. The van der Waals surface area contributed by atoms with Crippen LogP contribution in [-0.4, -0.2) is 16.6 Å². The first-order valence-electron chi connectivity index (χ1n) is 4.59. The van der Waals surface area contributed by atoms with Gasteiger partial charge in [-0.2, -0.15) is 12.6 Å². The average Bonchev–Trinajstić information content (AvgIpc) is 2.25. The predicted molar refractivity (Wildman–Crippen MR) is 59.2 cm³/mol. The van der Waals surface area contributed by atoms with E-state index in [0.717, 1.165) is 17.7 Å². The number of rotatable bonds is 5. The molecule has 76 valence electrons. The molecule has 1 amide bonds. The van der Waals surface area contributed by atoms with Gasteiger partial charge in [0.15, 0.2) is 0 Å². The third kappa shape index (κ3) is 4.28. The summed E-state index contributed by atoms with van der Waals surface area (Å²) in [5.74, 6) is 0.822. The fraction of sp³-hybridized carbons (Fsp3) is 0.400. The molecule has 4 heteroatoms. The number of aromatic nitrogens is 1. The van der Waals surface area contributed by atoms with Crippen LogP contribution in [0.3, 0.4) is 0 Å². The van der Waals surface area contributed by atoms with Crippen molar-refractivity contribution in [3.05, 3.63) is 30.1 Å². The minimum atomic E-state index is 0.0721. The summed E-state index contributed by atoms with van der Waals surface area (Å²) in [4.78, 5) is 15.2. The number of thiol groups is 1. The summed E-state index contributed by atoms with van der Waals surface area (Å²) in [7, 11) is 0. The van der Waals surface area contributed by atoms with Crippen LogP contribution in [0.15, 0.2) is 24.5 Å². The quantitative estimate of drug-likeness (QED) is 0.721. The molecular formula is C10H14N2OS. The van der Waals surface area contributed by atoms with E-state index >= 15 is 0 Å². The number of amides is 1. The first-order valence-corrected chi connectivity index (χ1v) is 5.22. The largest absolute Gasteiger partial charge is 0.352 e. The van der Waals surface area contributed by atoms with Crippen LogP contribution in [0.25, 0.3) is 0 Å². The molecule has 0 aromatic carbocycles. The van der Waals surface area contributed by atoms with Gasteiger partial charge in [0.05, 0.1) is 0 Å². The molecule has 14 heavy (non-hydrogen) atoms. The normalized spacial score (nSPS) is 9.79. The van der Waals surface area contributed by atoms with E-state index in [1.54, 1.807) is 12.4 Å². The average molecular weight is 210 g/mol. The third-order valence-electron chi connectivity index (χ3n) is 1.77. The lowest BCUT2D eigenvalue weighted by Gasteiger charge is -2.03. The summed E-state index contributed by atoms with van der Waals surface area (Å²) in [5.41, 5.74) is 1.02. The van der Waals surface area contributed by atoms with E-state index in [2.05, 4.69) is 22.9 Å². The first-order chi connectivity index (χ1) is 6.83. The van der Waals surface area contributed by atoms with Gasteiger partial charge in [0.2, 0.25) is 5.91 Å². The minimum absolute atomic E-state index is 0.0721. The lowest BCUT2D eigenvalue weighted by Crippen LogP contribution is -2.22. The van der Waals surface area contributed by atoms with Gasteiger partial charge in [-0.3, -0.25) is 9.78 Å². The lowest BCUT2D eigenvalue weighted by molar-refractivity contribution is -0.121. The van der Waals surface area contributed by atoms with Crippen LogP contribution in [0.4, 0.5) is 0 Å². The molecule has 0 spiro atoms. The molecule has 1 aromatic rings. The van der Waals surface area contributed by atoms with Gasteiger partial charge in [0.1, 0.15) is 0 Å². The van der Waals surface area contributed by atoms with Crippen LogP contribution in [0, 0.1) is 0 Å². The monoisotopic (exact) mass is 210 g/mol. The molecule has 0 bridgehead atoms. The molecule has 0 saturated heterocycles. The highest BCUT2D eigenvalue weighted by molar-refractivity contribution is 7.80. The SMILES string of the molecule is O=C(CCCS)NCc1cccnc1. The maximum atomic E-state index is 11.2. The molecule has 0 fully saturated rings. The number of carbonyl (C=O) groups excluding carboxylic acids is 1. The highest BCUT2D eigenvalue weighted by atomic mass is 32.1. The van der Waals surface area contributed by atoms with Crippen molar-refractivity contribution in [3.63, 3.8) is 0 Å². The van der Waals surface area contributed by atoms with Gasteiger partial charge in [0, 0.05) is 25.4 Å². The van der Waals surface area contributed by atoms with Crippen LogP contribution >= 0.6 is 12.6 Å². The van der Waals surface area contributed by atoms with Gasteiger partial charge >= 0.3 is 0 Å². The van der Waals surface area contributed by atoms with Crippen molar-refractivity contribution in [2.24, 2.45) is 0 Å². The summed E-state index contributed by atoms with van der Waals surface area (Å²) in [5, 5.41) is 2.82. The second-order valence-electron chi connectivity index (χ2n) is 2.97. The second-order valence-corrected chi connectivity index (χ2v) is 3.41. The topological polar surface area (TPSA) is 42.0 Å². The minimum Gasteiger partial charge on any atom is -0.352 e. The maximum Gasteiger partial charge on any atom is 0.220 e. The molecule has 1 N–H and O–H groups in total. The molecule has 0 unspecified atom stereocenters. The highest BCUT2D eigenvalue weighted by Gasteiger charge is 1.99. The molecule has 3 nitrogen and oxygen atoms in total. The standard InChI is InChI=1S/C10H14N2OS/c13-10(4-2-6-14)12-8-9-3-1-5-11-7-9/h1,3,5,7,14H,2,4,6,8H2,(H,12,13). The molecule has 0 radical (unpaired) electrons. The fourth-order valence-electron chi connectivity index (χ4n) is 1.03. The molecule has 1 heterocycles. The number of hydrogen-bond donors (Lipinski definition) is 2. The van der Waals surface area contributed by atoms with Crippen molar-refractivity contribution in [3.8, 4) is 0 Å². The Kier molecular flexibility index (Phi) is 5.07. The molecule has 0 saturated carbocycles. The van der Waals surface area contributed by atoms with Crippen LogP contribution in [-0.2, 0) is 11.3 Å². The fourth-order valence-corrected chi connectivity index (χ4v) is 1.19. The van der Waals surface area contributed by atoms with Crippen molar-refractivity contribution in [2.75, 3.05) is 5.75 Å². The van der Waals surface area contributed by atoms with Crippen LogP contribution in [0.5, 0.6) is 0 Å². The Morgan fingerprint density at radius 1 is 1.57 bits per heavy atom. The summed E-state index contributed by atoms with van der Waals surface area (Å²) < 4.78 is 0. The van der Waals surface area contributed by atoms with Crippen molar-refractivity contribution in [1.82, 2.24) is 10.3 Å². The number of nitrogens with zero attached hydrogens (tertiary/aromatic N) is 1. The Morgan fingerprint density at radius 2 is 2.43 bits per heavy atom. The van der Waals surface area contributed by atoms with Gasteiger partial charge in [-0.05, 0) is 23.8 Å². The molecule has 0 aliphatic carbocycles. The number of nitrogens with one attached hydrogen (secondary N) is 1. The molecule has 0 aliphatic heterocycles. The molecule has 1 rings (SSSR count). The number of pyridine rings is 1. The van der Waals surface area contributed by atoms with Gasteiger partial charge in [0.25, 0.3) is 0 Å². The van der Waals surface area contributed by atoms with Crippen LogP contribution < -0.4 is 5.32 Å². The molecule has 0 atom stereocenters. The zero-order chi connectivity index (χ0) is 10.2. The van der Waals surface area contributed by atoms with Crippen molar-refractivity contribution in [2.45, 2.75) is 19.4 Å². The summed E-state index contributed by atoms with van der Waals surface area (Å²) in [6, 6.07) is 3.79. The molecular weight excluding hydrogens is 196 g/mol. The van der Waals surface area contributed by atoms with E-state index in [9.17, 15) is 4.79 Å². The molecule has 0 aliphatic rings. The summed E-state index contributed by atoms with van der Waals surface area (Å²) >= 11 is 4.04. The molecule has 1 aromatic heterocycles. The van der Waals surface area contributed by atoms with E-state index in [1.165, 1.54) is 0 Å². The van der Waals surface area contributed by atoms with E-state index in [0.29, 0.717) is 13.0 Å². The van der Waals surface area contributed by atoms with Crippen LogP contribution in [0.2, 0.25) is 0 Å². The van der Waals surface area contributed by atoms with Gasteiger partial charge in [-0.25, -0.2) is 0 Å². The zero-order valence-electron chi connectivity index (χ0n) is 7.94. The van der Waals surface area contributed by atoms with E-state index in [4.69, 9.17) is 0 Å². The third-order valence-corrected chi connectivity index (χ3v) is 2.09. The highest BCUT2D eigenvalue weighted by Crippen LogP contribution is 1.96. The zero-order valence-corrected chi connectivity index (χ0v) is 8.83. The van der Waals surface area contributed by atoms with E-state index in [-0.39, 0.29) is 5.91 Å². The Balaban J connectivity index is 2.24. The van der Waals surface area contributed by atoms with Crippen molar-refractivity contribution >= 4 is 18.5 Å². The van der Waals surface area contributed by atoms with Gasteiger partial charge in [-0.1, -0.05) is 6.07 Å². The van der Waals surface area contributed by atoms with Crippen molar-refractivity contribution in [1.29, 1.82) is 0 Å². The Morgan fingerprint density at radius 3 is 3.07 bits per heavy atom. The smallest absolute Gasteiger partial charge is 0.220 e. The maximum absolute atomic E-state index is 11.2. The van der Waals surface area contributed by atoms with Crippen LogP contribution in [0.1, 0.15) is 18.4 Å². The Labute approximate surface area is 89.3 Å². The number of hydrogen-bond acceptors (Lipinski definition) is 3.